The van der Waals surface area contributed by atoms with E-state index in [1.807, 2.05) is 20.0 Å². The summed E-state index contributed by atoms with van der Waals surface area (Å²) in [5.74, 6) is 0.699. The van der Waals surface area contributed by atoms with Gasteiger partial charge >= 0.3 is 0 Å². The Balaban J connectivity index is 2.80. The Kier molecular flexibility index (Phi) is 4.71. The van der Waals surface area contributed by atoms with E-state index in [9.17, 15) is 5.11 Å². The van der Waals surface area contributed by atoms with E-state index in [1.165, 1.54) is 0 Å². The van der Waals surface area contributed by atoms with E-state index < -0.39 is 5.60 Å². The molecule has 1 heterocycles. The molecule has 90 valence electrons. The van der Waals surface area contributed by atoms with Crippen molar-refractivity contribution < 1.29 is 9.84 Å². The van der Waals surface area contributed by atoms with Crippen LogP contribution in [0, 0.1) is 0 Å². The summed E-state index contributed by atoms with van der Waals surface area (Å²) in [6.07, 6.45) is 3.97. The molecule has 2 N–H and O–H groups in total. The molecule has 0 aliphatic heterocycles. The predicted octanol–water partition coefficient (Wildman–Crippen LogP) is 1.30. The third-order valence-corrected chi connectivity index (χ3v) is 2.51. The largest absolute Gasteiger partial charge is 0.492 e. The van der Waals surface area contributed by atoms with Crippen LogP contribution in [0.1, 0.15) is 25.8 Å². The Morgan fingerprint density at radius 2 is 2.25 bits per heavy atom. The number of pyridine rings is 1. The molecule has 4 heteroatoms. The van der Waals surface area contributed by atoms with Crippen LogP contribution in [0.3, 0.4) is 0 Å². The third-order valence-electron chi connectivity index (χ3n) is 2.51. The second-order valence-corrected chi connectivity index (χ2v) is 3.97. The molecule has 1 unspecified atom stereocenters. The summed E-state index contributed by atoms with van der Waals surface area (Å²) in [6.45, 7) is 5.07. The number of ether oxygens (including phenoxy) is 1. The minimum atomic E-state index is -0.872. The Labute approximate surface area is 96.7 Å². The first-order chi connectivity index (χ1) is 7.60. The second-order valence-electron chi connectivity index (χ2n) is 3.97. The lowest BCUT2D eigenvalue weighted by molar-refractivity contribution is 0.0479. The first-order valence-electron chi connectivity index (χ1n) is 5.55. The highest BCUT2D eigenvalue weighted by Gasteiger charge is 2.23. The van der Waals surface area contributed by atoms with Crippen molar-refractivity contribution in [3.63, 3.8) is 0 Å². The molecule has 0 amide bonds. The smallest absolute Gasteiger partial charge is 0.137 e. The van der Waals surface area contributed by atoms with Crippen LogP contribution in [0.15, 0.2) is 18.5 Å². The highest BCUT2D eigenvalue weighted by atomic mass is 16.5. The molecule has 0 saturated carbocycles. The van der Waals surface area contributed by atoms with E-state index in [-0.39, 0.29) is 0 Å². The summed E-state index contributed by atoms with van der Waals surface area (Å²) in [5.41, 5.74) is -0.0861. The number of aliphatic hydroxyl groups is 1. The summed E-state index contributed by atoms with van der Waals surface area (Å²) >= 11 is 0. The van der Waals surface area contributed by atoms with Gasteiger partial charge in [0.15, 0.2) is 0 Å². The molecule has 1 rings (SSSR count). The molecule has 4 nitrogen and oxygen atoms in total. The van der Waals surface area contributed by atoms with Crippen molar-refractivity contribution in [3.8, 4) is 5.75 Å². The van der Waals surface area contributed by atoms with Crippen LogP contribution in [-0.4, -0.2) is 30.3 Å². The van der Waals surface area contributed by atoms with Gasteiger partial charge in [-0.25, -0.2) is 0 Å². The Hall–Kier alpha value is -1.13. The molecule has 0 fully saturated rings. The molecular weight excluding hydrogens is 204 g/mol. The Bertz CT molecular complexity index is 327. The number of hydrogen-bond acceptors (Lipinski definition) is 4. The Morgan fingerprint density at radius 1 is 1.50 bits per heavy atom. The first-order valence-corrected chi connectivity index (χ1v) is 5.55. The van der Waals surface area contributed by atoms with Gasteiger partial charge in [-0.15, -0.1) is 0 Å². The fourth-order valence-corrected chi connectivity index (χ4v) is 1.47. The lowest BCUT2D eigenvalue weighted by Crippen LogP contribution is -2.26. The van der Waals surface area contributed by atoms with E-state index in [2.05, 4.69) is 10.3 Å². The van der Waals surface area contributed by atoms with Crippen LogP contribution in [0.2, 0.25) is 0 Å². The molecule has 1 aromatic rings. The van der Waals surface area contributed by atoms with Gasteiger partial charge in [-0.2, -0.15) is 0 Å². The molecule has 0 radical (unpaired) electrons. The highest BCUT2D eigenvalue weighted by molar-refractivity contribution is 5.27. The van der Waals surface area contributed by atoms with Crippen molar-refractivity contribution >= 4 is 0 Å². The van der Waals surface area contributed by atoms with Gasteiger partial charge in [0, 0.05) is 11.8 Å². The minimum absolute atomic E-state index is 0.601. The third kappa shape index (κ3) is 3.47. The van der Waals surface area contributed by atoms with Gasteiger partial charge in [0.25, 0.3) is 0 Å². The summed E-state index contributed by atoms with van der Waals surface area (Å²) in [5, 5.41) is 13.3. The standard InChI is InChI=1S/C12H20N2O2/c1-4-16-11-7-10(8-14-9-11)12(2,15)5-6-13-3/h7-9,13,15H,4-6H2,1-3H3. The van der Waals surface area contributed by atoms with Crippen LogP contribution >= 0.6 is 0 Å². The molecule has 1 atom stereocenters. The van der Waals surface area contributed by atoms with E-state index in [0.29, 0.717) is 18.8 Å². The minimum Gasteiger partial charge on any atom is -0.492 e. The fraction of sp³-hybridized carbons (Fsp3) is 0.583. The van der Waals surface area contributed by atoms with Crippen molar-refractivity contribution in [3.05, 3.63) is 24.0 Å². The van der Waals surface area contributed by atoms with Gasteiger partial charge < -0.3 is 15.2 Å². The van der Waals surface area contributed by atoms with Crippen molar-refractivity contribution in [1.29, 1.82) is 0 Å². The number of nitrogens with zero attached hydrogens (tertiary/aromatic N) is 1. The number of aromatic nitrogens is 1. The van der Waals surface area contributed by atoms with Gasteiger partial charge in [-0.1, -0.05) is 0 Å². The summed E-state index contributed by atoms with van der Waals surface area (Å²) in [7, 11) is 1.87. The maximum Gasteiger partial charge on any atom is 0.137 e. The van der Waals surface area contributed by atoms with Gasteiger partial charge in [0.05, 0.1) is 18.4 Å². The maximum absolute atomic E-state index is 10.3. The summed E-state index contributed by atoms with van der Waals surface area (Å²) in [6, 6.07) is 1.84. The summed E-state index contributed by atoms with van der Waals surface area (Å²) in [4.78, 5) is 4.07. The fourth-order valence-electron chi connectivity index (χ4n) is 1.47. The van der Waals surface area contributed by atoms with Crippen LogP contribution in [-0.2, 0) is 5.60 Å². The van der Waals surface area contributed by atoms with Gasteiger partial charge in [-0.05, 0) is 39.9 Å². The van der Waals surface area contributed by atoms with E-state index in [4.69, 9.17) is 4.74 Å². The zero-order chi connectivity index (χ0) is 12.0. The van der Waals surface area contributed by atoms with Crippen LogP contribution in [0.5, 0.6) is 5.75 Å². The predicted molar refractivity (Wildman–Crippen MR) is 63.5 cm³/mol. The molecule has 16 heavy (non-hydrogen) atoms. The highest BCUT2D eigenvalue weighted by Crippen LogP contribution is 2.25. The molecule has 0 aliphatic rings. The molecular formula is C12H20N2O2. The monoisotopic (exact) mass is 224 g/mol. The average molecular weight is 224 g/mol. The molecule has 0 aromatic carbocycles. The van der Waals surface area contributed by atoms with Gasteiger partial charge in [0.2, 0.25) is 0 Å². The van der Waals surface area contributed by atoms with E-state index in [1.54, 1.807) is 19.3 Å². The van der Waals surface area contributed by atoms with Crippen LogP contribution in [0.25, 0.3) is 0 Å². The summed E-state index contributed by atoms with van der Waals surface area (Å²) < 4.78 is 5.36. The maximum atomic E-state index is 10.3. The molecule has 0 spiro atoms. The topological polar surface area (TPSA) is 54.4 Å². The Morgan fingerprint density at radius 3 is 2.88 bits per heavy atom. The zero-order valence-corrected chi connectivity index (χ0v) is 10.2. The van der Waals surface area contributed by atoms with Crippen LogP contribution in [0.4, 0.5) is 0 Å². The molecule has 1 aromatic heterocycles. The van der Waals surface area contributed by atoms with Crippen molar-refractivity contribution in [2.24, 2.45) is 0 Å². The molecule has 0 bridgehead atoms. The van der Waals surface area contributed by atoms with Crippen molar-refractivity contribution in [1.82, 2.24) is 10.3 Å². The average Bonchev–Trinajstić information content (AvgIpc) is 2.27. The van der Waals surface area contributed by atoms with E-state index in [0.717, 1.165) is 12.1 Å². The number of hydrogen-bond donors (Lipinski definition) is 2. The molecule has 0 aliphatic carbocycles. The van der Waals surface area contributed by atoms with Crippen LogP contribution < -0.4 is 10.1 Å². The first kappa shape index (κ1) is 12.9. The zero-order valence-electron chi connectivity index (χ0n) is 10.2. The van der Waals surface area contributed by atoms with Crippen molar-refractivity contribution in [2.75, 3.05) is 20.2 Å². The van der Waals surface area contributed by atoms with Gasteiger partial charge in [-0.3, -0.25) is 4.98 Å². The lowest BCUT2D eigenvalue weighted by Gasteiger charge is -2.23. The second kappa shape index (κ2) is 5.82. The van der Waals surface area contributed by atoms with Crippen molar-refractivity contribution in [2.45, 2.75) is 25.9 Å². The quantitative estimate of drug-likeness (QED) is 0.764. The van der Waals surface area contributed by atoms with E-state index >= 15 is 0 Å². The van der Waals surface area contributed by atoms with Gasteiger partial charge in [0.1, 0.15) is 5.75 Å². The number of rotatable bonds is 6. The number of nitrogens with one attached hydrogen (secondary N) is 1. The molecule has 0 saturated heterocycles. The SMILES string of the molecule is CCOc1cncc(C(C)(O)CCNC)c1. The lowest BCUT2D eigenvalue weighted by atomic mass is 9.94. The normalized spacial score (nSPS) is 14.5.